The van der Waals surface area contributed by atoms with Gasteiger partial charge in [0.05, 0.1) is 10.4 Å². The number of nitrogens with zero attached hydrogens (tertiary/aromatic N) is 4. The number of fused-ring (bicyclic) bond motifs is 3. The van der Waals surface area contributed by atoms with Gasteiger partial charge in [-0.05, 0) is 34.1 Å². The molecule has 6 heteroatoms. The fraction of sp³-hybridized carbons (Fsp3) is 0. The third-order valence-corrected chi connectivity index (χ3v) is 4.56. The number of aromatic nitrogens is 4. The Balaban J connectivity index is 2.03. The number of halogens is 1. The third-order valence-electron chi connectivity index (χ3n) is 2.87. The average molecular weight is 331 g/mol. The highest BCUT2D eigenvalue weighted by atomic mass is 79.9. The lowest BCUT2D eigenvalue weighted by atomic mass is 10.2. The van der Waals surface area contributed by atoms with Gasteiger partial charge in [-0.3, -0.25) is 0 Å². The van der Waals surface area contributed by atoms with Gasteiger partial charge >= 0.3 is 0 Å². The molecule has 0 N–H and O–H groups in total. The van der Waals surface area contributed by atoms with Crippen molar-refractivity contribution in [1.82, 2.24) is 19.6 Å². The van der Waals surface area contributed by atoms with Gasteiger partial charge in [-0.2, -0.15) is 0 Å². The van der Waals surface area contributed by atoms with E-state index in [1.165, 1.54) is 0 Å². The highest BCUT2D eigenvalue weighted by Gasteiger charge is 2.11. The Hall–Kier alpha value is -1.79. The summed E-state index contributed by atoms with van der Waals surface area (Å²) in [7, 11) is 0. The van der Waals surface area contributed by atoms with Gasteiger partial charge in [0.1, 0.15) is 6.33 Å². The Labute approximate surface area is 120 Å². The van der Waals surface area contributed by atoms with Crippen LogP contribution in [0.2, 0.25) is 0 Å². The lowest BCUT2D eigenvalue weighted by Crippen LogP contribution is -1.90. The summed E-state index contributed by atoms with van der Waals surface area (Å²) in [4.78, 5) is 10.0. The minimum absolute atomic E-state index is 0.730. The zero-order valence-electron chi connectivity index (χ0n) is 9.62. The van der Waals surface area contributed by atoms with Gasteiger partial charge < -0.3 is 0 Å². The van der Waals surface area contributed by atoms with Crippen LogP contribution in [0.3, 0.4) is 0 Å². The van der Waals surface area contributed by atoms with E-state index in [4.69, 9.17) is 0 Å². The van der Waals surface area contributed by atoms with Crippen molar-refractivity contribution < 1.29 is 0 Å². The SMILES string of the molecule is Brc1csc(-c2nc3c4ccccc4ncn3n2)c1. The van der Waals surface area contributed by atoms with E-state index in [0.717, 1.165) is 31.7 Å². The van der Waals surface area contributed by atoms with Crippen molar-refractivity contribution in [3.63, 3.8) is 0 Å². The van der Waals surface area contributed by atoms with Crippen LogP contribution in [0.25, 0.3) is 27.3 Å². The highest BCUT2D eigenvalue weighted by molar-refractivity contribution is 9.10. The van der Waals surface area contributed by atoms with Crippen LogP contribution in [0.4, 0.5) is 0 Å². The van der Waals surface area contributed by atoms with Crippen LogP contribution in [-0.2, 0) is 0 Å². The minimum atomic E-state index is 0.730. The van der Waals surface area contributed by atoms with Gasteiger partial charge in [-0.1, -0.05) is 12.1 Å². The molecule has 0 aliphatic heterocycles. The summed E-state index contributed by atoms with van der Waals surface area (Å²) in [6.45, 7) is 0. The Morgan fingerprint density at radius 1 is 1.21 bits per heavy atom. The molecule has 0 amide bonds. The van der Waals surface area contributed by atoms with Crippen LogP contribution in [0.15, 0.2) is 46.5 Å². The first-order valence-corrected chi connectivity index (χ1v) is 7.33. The molecule has 4 aromatic rings. The van der Waals surface area contributed by atoms with E-state index >= 15 is 0 Å². The molecule has 4 rings (SSSR count). The molecule has 19 heavy (non-hydrogen) atoms. The molecule has 0 atom stereocenters. The quantitative estimate of drug-likeness (QED) is 0.533. The number of hydrogen-bond donors (Lipinski definition) is 0. The molecule has 0 saturated heterocycles. The summed E-state index contributed by atoms with van der Waals surface area (Å²) in [5.74, 6) is 0.730. The van der Waals surface area contributed by atoms with Crippen LogP contribution in [0, 0.1) is 0 Å². The van der Waals surface area contributed by atoms with Gasteiger partial charge in [0.2, 0.25) is 0 Å². The lowest BCUT2D eigenvalue weighted by molar-refractivity contribution is 0.939. The highest BCUT2D eigenvalue weighted by Crippen LogP contribution is 2.28. The molecule has 1 aromatic carbocycles. The largest absolute Gasteiger partial charge is 0.236 e. The Morgan fingerprint density at radius 2 is 2.11 bits per heavy atom. The smallest absolute Gasteiger partial charge is 0.192 e. The first-order chi connectivity index (χ1) is 9.31. The predicted molar refractivity (Wildman–Crippen MR) is 79.3 cm³/mol. The fourth-order valence-corrected chi connectivity index (χ4v) is 3.37. The fourth-order valence-electron chi connectivity index (χ4n) is 2.01. The number of para-hydroxylation sites is 1. The minimum Gasteiger partial charge on any atom is -0.236 e. The van der Waals surface area contributed by atoms with E-state index in [-0.39, 0.29) is 0 Å². The summed E-state index contributed by atoms with van der Waals surface area (Å²) < 4.78 is 2.78. The monoisotopic (exact) mass is 330 g/mol. The molecule has 0 unspecified atom stereocenters. The van der Waals surface area contributed by atoms with Crippen molar-refractivity contribution in [3.8, 4) is 10.7 Å². The van der Waals surface area contributed by atoms with Crippen molar-refractivity contribution in [1.29, 1.82) is 0 Å². The van der Waals surface area contributed by atoms with Gasteiger partial charge in [0.25, 0.3) is 0 Å². The number of hydrogen-bond acceptors (Lipinski definition) is 4. The standard InChI is InChI=1S/C13H7BrN4S/c14-8-5-11(19-6-8)12-16-13-9-3-1-2-4-10(9)15-7-18(13)17-12/h1-7H. The first-order valence-electron chi connectivity index (χ1n) is 5.66. The molecule has 4 nitrogen and oxygen atoms in total. The van der Waals surface area contributed by atoms with Gasteiger partial charge in [-0.25, -0.2) is 14.5 Å². The van der Waals surface area contributed by atoms with E-state index in [0.29, 0.717) is 0 Å². The zero-order chi connectivity index (χ0) is 12.8. The van der Waals surface area contributed by atoms with E-state index in [1.807, 2.05) is 35.7 Å². The maximum Gasteiger partial charge on any atom is 0.192 e. The lowest BCUT2D eigenvalue weighted by Gasteiger charge is -1.96. The van der Waals surface area contributed by atoms with E-state index in [1.54, 1.807) is 22.2 Å². The average Bonchev–Trinajstić information content (AvgIpc) is 3.04. The molecule has 0 spiro atoms. The second-order valence-electron chi connectivity index (χ2n) is 4.09. The third kappa shape index (κ3) is 1.75. The number of thiophene rings is 1. The molecule has 0 saturated carbocycles. The summed E-state index contributed by atoms with van der Waals surface area (Å²) in [6.07, 6.45) is 1.71. The van der Waals surface area contributed by atoms with E-state index in [2.05, 4.69) is 31.0 Å². The summed E-state index contributed by atoms with van der Waals surface area (Å²) >= 11 is 5.07. The van der Waals surface area contributed by atoms with Crippen molar-refractivity contribution in [3.05, 3.63) is 46.5 Å². The van der Waals surface area contributed by atoms with Gasteiger partial charge in [-0.15, -0.1) is 16.4 Å². The summed E-state index contributed by atoms with van der Waals surface area (Å²) in [5.41, 5.74) is 1.77. The zero-order valence-corrected chi connectivity index (χ0v) is 12.0. The normalized spacial score (nSPS) is 11.4. The molecule has 0 aliphatic carbocycles. The van der Waals surface area contributed by atoms with E-state index in [9.17, 15) is 0 Å². The summed E-state index contributed by atoms with van der Waals surface area (Å²) in [6, 6.07) is 9.97. The maximum absolute atomic E-state index is 4.63. The van der Waals surface area contributed by atoms with Crippen molar-refractivity contribution >= 4 is 43.8 Å². The van der Waals surface area contributed by atoms with Crippen LogP contribution in [-0.4, -0.2) is 19.6 Å². The van der Waals surface area contributed by atoms with Crippen LogP contribution >= 0.6 is 27.3 Å². The Kier molecular flexibility index (Phi) is 2.39. The molecule has 3 aromatic heterocycles. The molecule has 0 bridgehead atoms. The van der Waals surface area contributed by atoms with Crippen LogP contribution < -0.4 is 0 Å². The van der Waals surface area contributed by atoms with Crippen LogP contribution in [0.5, 0.6) is 0 Å². The van der Waals surface area contributed by atoms with Gasteiger partial charge in [0.15, 0.2) is 11.5 Å². The second kappa shape index (κ2) is 4.11. The van der Waals surface area contributed by atoms with Crippen molar-refractivity contribution in [2.24, 2.45) is 0 Å². The summed E-state index contributed by atoms with van der Waals surface area (Å²) in [5, 5.41) is 7.52. The molecular weight excluding hydrogens is 324 g/mol. The molecule has 0 fully saturated rings. The second-order valence-corrected chi connectivity index (χ2v) is 5.92. The molecule has 0 aliphatic rings. The number of rotatable bonds is 1. The molecule has 0 radical (unpaired) electrons. The Morgan fingerprint density at radius 3 is 2.95 bits per heavy atom. The molecule has 92 valence electrons. The molecular formula is C13H7BrN4S. The van der Waals surface area contributed by atoms with Crippen LogP contribution in [0.1, 0.15) is 0 Å². The number of benzene rings is 1. The maximum atomic E-state index is 4.63. The Bertz CT molecular complexity index is 896. The van der Waals surface area contributed by atoms with Crippen molar-refractivity contribution in [2.45, 2.75) is 0 Å². The predicted octanol–water partition coefficient (Wildman–Crippen LogP) is 3.77. The van der Waals surface area contributed by atoms with E-state index < -0.39 is 0 Å². The van der Waals surface area contributed by atoms with Gasteiger partial charge in [0, 0.05) is 15.2 Å². The topological polar surface area (TPSA) is 43.1 Å². The first kappa shape index (κ1) is 11.1. The molecule has 3 heterocycles. The van der Waals surface area contributed by atoms with Crippen molar-refractivity contribution in [2.75, 3.05) is 0 Å².